The van der Waals surface area contributed by atoms with E-state index in [0.29, 0.717) is 15.0 Å². The van der Waals surface area contributed by atoms with Gasteiger partial charge < -0.3 is 0 Å². The van der Waals surface area contributed by atoms with Crippen LogP contribution in [0, 0.1) is 0 Å². The van der Waals surface area contributed by atoms with Crippen molar-refractivity contribution in [2.24, 2.45) is 0 Å². The zero-order valence-corrected chi connectivity index (χ0v) is 16.0. The number of carbonyl (C=O) groups excluding carboxylic acids is 1. The van der Waals surface area contributed by atoms with Crippen molar-refractivity contribution in [2.45, 2.75) is 12.8 Å². The number of rotatable bonds is 5. The Morgan fingerprint density at radius 1 is 0.962 bits per heavy atom. The average Bonchev–Trinajstić information content (AvgIpc) is 3.25. The standard InChI is InChI=1S/C19H14ClN3OS2/c20-16-13-8-4-5-9-14(13)25-17(16)18(24)21-19-23-22-15(26-19)11-10-12-6-2-1-3-7-12/h1-9H,10-11H2,(H,21,23,24). The molecule has 0 aliphatic heterocycles. The van der Waals surface area contributed by atoms with Gasteiger partial charge in [-0.1, -0.05) is 71.5 Å². The second-order valence-corrected chi connectivity index (χ2v) is 8.17. The smallest absolute Gasteiger partial charge is 0.269 e. The molecule has 4 rings (SSSR count). The van der Waals surface area contributed by atoms with Crippen molar-refractivity contribution in [3.63, 3.8) is 0 Å². The van der Waals surface area contributed by atoms with Crippen LogP contribution in [0.25, 0.3) is 10.1 Å². The number of anilines is 1. The number of amides is 1. The Bertz CT molecular complexity index is 1060. The summed E-state index contributed by atoms with van der Waals surface area (Å²) in [5, 5.41) is 13.8. The molecule has 4 nitrogen and oxygen atoms in total. The first-order chi connectivity index (χ1) is 12.7. The second kappa shape index (κ2) is 7.53. The summed E-state index contributed by atoms with van der Waals surface area (Å²) in [7, 11) is 0. The Labute approximate surface area is 163 Å². The molecule has 0 saturated heterocycles. The molecule has 0 aliphatic rings. The normalized spacial score (nSPS) is 11.0. The highest BCUT2D eigenvalue weighted by atomic mass is 35.5. The second-order valence-electron chi connectivity index (χ2n) is 5.68. The fourth-order valence-corrected chi connectivity index (χ4v) is 4.76. The highest BCUT2D eigenvalue weighted by Crippen LogP contribution is 2.35. The number of carbonyl (C=O) groups is 1. The van der Waals surface area contributed by atoms with Crippen molar-refractivity contribution in [3.05, 3.63) is 75.1 Å². The monoisotopic (exact) mass is 399 g/mol. The maximum absolute atomic E-state index is 12.5. The van der Waals surface area contributed by atoms with Gasteiger partial charge >= 0.3 is 0 Å². The summed E-state index contributed by atoms with van der Waals surface area (Å²) in [6.45, 7) is 0. The van der Waals surface area contributed by atoms with Crippen LogP contribution in [0.5, 0.6) is 0 Å². The van der Waals surface area contributed by atoms with E-state index in [0.717, 1.165) is 27.9 Å². The largest absolute Gasteiger partial charge is 0.296 e. The van der Waals surface area contributed by atoms with Gasteiger partial charge in [0.1, 0.15) is 9.88 Å². The molecule has 1 amide bonds. The number of fused-ring (bicyclic) bond motifs is 1. The molecule has 0 atom stereocenters. The summed E-state index contributed by atoms with van der Waals surface area (Å²) in [4.78, 5) is 13.0. The molecule has 0 saturated carbocycles. The fourth-order valence-electron chi connectivity index (χ4n) is 2.62. The van der Waals surface area contributed by atoms with Gasteiger partial charge in [-0.05, 0) is 18.1 Å². The average molecular weight is 400 g/mol. The summed E-state index contributed by atoms with van der Waals surface area (Å²) >= 11 is 9.13. The van der Waals surface area contributed by atoms with Crippen molar-refractivity contribution < 1.29 is 4.79 Å². The molecule has 7 heteroatoms. The van der Waals surface area contributed by atoms with E-state index in [4.69, 9.17) is 11.6 Å². The Morgan fingerprint density at radius 2 is 1.73 bits per heavy atom. The van der Waals surface area contributed by atoms with Crippen LogP contribution in [0.15, 0.2) is 54.6 Å². The van der Waals surface area contributed by atoms with Crippen molar-refractivity contribution in [2.75, 3.05) is 5.32 Å². The molecule has 0 bridgehead atoms. The lowest BCUT2D eigenvalue weighted by Gasteiger charge is -1.99. The van der Waals surface area contributed by atoms with Crippen LogP contribution in [-0.4, -0.2) is 16.1 Å². The van der Waals surface area contributed by atoms with Crippen LogP contribution in [0.3, 0.4) is 0 Å². The number of nitrogens with zero attached hydrogens (tertiary/aromatic N) is 2. The fraction of sp³-hybridized carbons (Fsp3) is 0.105. The summed E-state index contributed by atoms with van der Waals surface area (Å²) in [6, 6.07) is 17.9. The molecule has 0 radical (unpaired) electrons. The third-order valence-electron chi connectivity index (χ3n) is 3.90. The molecule has 0 fully saturated rings. The lowest BCUT2D eigenvalue weighted by molar-refractivity contribution is 0.103. The first kappa shape index (κ1) is 17.1. The summed E-state index contributed by atoms with van der Waals surface area (Å²) in [6.07, 6.45) is 1.69. The predicted octanol–water partition coefficient (Wildman–Crippen LogP) is 5.44. The lowest BCUT2D eigenvalue weighted by Crippen LogP contribution is -2.10. The van der Waals surface area contributed by atoms with Crippen LogP contribution < -0.4 is 5.32 Å². The van der Waals surface area contributed by atoms with Crippen LogP contribution >= 0.6 is 34.3 Å². The minimum atomic E-state index is -0.248. The molecular weight excluding hydrogens is 386 g/mol. The Kier molecular flexibility index (Phi) is 4.97. The van der Waals surface area contributed by atoms with Crippen molar-refractivity contribution >= 4 is 55.4 Å². The molecule has 4 aromatic rings. The molecule has 2 aromatic heterocycles. The SMILES string of the molecule is O=C(Nc1nnc(CCc2ccccc2)s1)c1sc2ccccc2c1Cl. The van der Waals surface area contributed by atoms with E-state index < -0.39 is 0 Å². The summed E-state index contributed by atoms with van der Waals surface area (Å²) in [5.41, 5.74) is 1.25. The number of aromatic nitrogens is 2. The predicted molar refractivity (Wildman–Crippen MR) is 109 cm³/mol. The highest BCUT2D eigenvalue weighted by Gasteiger charge is 2.18. The van der Waals surface area contributed by atoms with Gasteiger partial charge in [0.05, 0.1) is 5.02 Å². The topological polar surface area (TPSA) is 54.9 Å². The molecule has 0 aliphatic carbocycles. The Morgan fingerprint density at radius 3 is 2.54 bits per heavy atom. The first-order valence-electron chi connectivity index (χ1n) is 8.05. The van der Waals surface area contributed by atoms with Crippen molar-refractivity contribution in [1.29, 1.82) is 0 Å². The van der Waals surface area contributed by atoms with Crippen LogP contribution in [0.2, 0.25) is 5.02 Å². The maximum Gasteiger partial charge on any atom is 0.269 e. The number of hydrogen-bond acceptors (Lipinski definition) is 5. The quantitative estimate of drug-likeness (QED) is 0.485. The van der Waals surface area contributed by atoms with Crippen LogP contribution in [0.4, 0.5) is 5.13 Å². The zero-order chi connectivity index (χ0) is 17.9. The van der Waals surface area contributed by atoms with Gasteiger partial charge in [-0.2, -0.15) is 0 Å². The number of thiophene rings is 1. The first-order valence-corrected chi connectivity index (χ1v) is 10.1. The van der Waals surface area contributed by atoms with Gasteiger partial charge in [-0.25, -0.2) is 0 Å². The molecule has 130 valence electrons. The minimum Gasteiger partial charge on any atom is -0.296 e. The molecule has 26 heavy (non-hydrogen) atoms. The molecule has 2 heterocycles. The van der Waals surface area contributed by atoms with E-state index >= 15 is 0 Å². The number of halogens is 1. The van der Waals surface area contributed by atoms with Gasteiger partial charge in [0.15, 0.2) is 0 Å². The van der Waals surface area contributed by atoms with Gasteiger partial charge in [0, 0.05) is 16.5 Å². The minimum absolute atomic E-state index is 0.248. The van der Waals surface area contributed by atoms with Gasteiger partial charge in [0.25, 0.3) is 5.91 Å². The Balaban J connectivity index is 1.44. The van der Waals surface area contributed by atoms with E-state index in [-0.39, 0.29) is 5.91 Å². The van der Waals surface area contributed by atoms with Crippen molar-refractivity contribution in [3.8, 4) is 0 Å². The van der Waals surface area contributed by atoms with Gasteiger partial charge in [-0.3, -0.25) is 10.1 Å². The van der Waals surface area contributed by atoms with Gasteiger partial charge in [0.2, 0.25) is 5.13 Å². The number of hydrogen-bond donors (Lipinski definition) is 1. The Hall–Kier alpha value is -2.28. The molecule has 1 N–H and O–H groups in total. The van der Waals surface area contributed by atoms with E-state index in [1.807, 2.05) is 42.5 Å². The van der Waals surface area contributed by atoms with Crippen molar-refractivity contribution in [1.82, 2.24) is 10.2 Å². The maximum atomic E-state index is 12.5. The third kappa shape index (κ3) is 3.62. The van der Waals surface area contributed by atoms with E-state index in [2.05, 4.69) is 27.6 Å². The van der Waals surface area contributed by atoms with E-state index in [1.54, 1.807) is 0 Å². The van der Waals surface area contributed by atoms with E-state index in [9.17, 15) is 4.79 Å². The van der Waals surface area contributed by atoms with Gasteiger partial charge in [-0.15, -0.1) is 21.5 Å². The molecule has 0 spiro atoms. The number of benzene rings is 2. The van der Waals surface area contributed by atoms with Crippen LogP contribution in [0.1, 0.15) is 20.2 Å². The number of aryl methyl sites for hydroxylation is 2. The zero-order valence-electron chi connectivity index (χ0n) is 13.6. The molecular formula is C19H14ClN3OS2. The summed E-state index contributed by atoms with van der Waals surface area (Å²) < 4.78 is 0.989. The third-order valence-corrected chi connectivity index (χ3v) is 6.47. The lowest BCUT2D eigenvalue weighted by atomic mass is 10.1. The van der Waals surface area contributed by atoms with Crippen LogP contribution in [-0.2, 0) is 12.8 Å². The molecule has 2 aromatic carbocycles. The highest BCUT2D eigenvalue weighted by molar-refractivity contribution is 7.22. The molecule has 0 unspecified atom stereocenters. The number of nitrogens with one attached hydrogen (secondary N) is 1. The summed E-state index contributed by atoms with van der Waals surface area (Å²) in [5.74, 6) is -0.248. The van der Waals surface area contributed by atoms with E-state index in [1.165, 1.54) is 28.2 Å².